The molecule has 0 bridgehead atoms. The van der Waals surface area contributed by atoms with Crippen LogP contribution in [-0.4, -0.2) is 46.9 Å². The van der Waals surface area contributed by atoms with Gasteiger partial charge in [-0.1, -0.05) is 27.7 Å². The van der Waals surface area contributed by atoms with E-state index in [9.17, 15) is 0 Å². The van der Waals surface area contributed by atoms with E-state index in [-0.39, 0.29) is 0 Å². The monoisotopic (exact) mass is 346 g/mol. The number of rotatable bonds is 4. The molecule has 6 heteroatoms. The van der Waals surface area contributed by atoms with Crippen LogP contribution in [0.3, 0.4) is 0 Å². The normalized spacial score (nSPS) is 6.83. The fraction of sp³-hybridized carbons (Fsp3) is 1.00. The summed E-state index contributed by atoms with van der Waals surface area (Å²) in [6.45, 7) is 9.00. The van der Waals surface area contributed by atoms with E-state index in [2.05, 4.69) is 0 Å². The summed E-state index contributed by atoms with van der Waals surface area (Å²) in [5.41, 5.74) is 0. The fourth-order valence-electron chi connectivity index (χ4n) is 0. The van der Waals surface area contributed by atoms with Gasteiger partial charge in [-0.15, -0.1) is 0 Å². The van der Waals surface area contributed by atoms with Crippen LogP contribution >= 0.6 is 0 Å². The van der Waals surface area contributed by atoms with E-state index in [1.165, 1.54) is 0 Å². The molecule has 0 radical (unpaired) electrons. The Balaban J connectivity index is -0.0000000399. The molecule has 0 aliphatic heterocycles. The summed E-state index contributed by atoms with van der Waals surface area (Å²) in [6.07, 6.45) is 3.50. The fourth-order valence-corrected chi connectivity index (χ4v) is 0. The topological polar surface area (TPSA) is 98.0 Å². The van der Waals surface area contributed by atoms with Gasteiger partial charge in [0, 0.05) is 26.4 Å². The van der Waals surface area contributed by atoms with Crippen LogP contribution in [0.5, 0.6) is 0 Å². The molecule has 0 aromatic carbocycles. The van der Waals surface area contributed by atoms with Crippen molar-refractivity contribution in [2.24, 2.45) is 0 Å². The van der Waals surface area contributed by atoms with Crippen LogP contribution in [-0.2, 0) is 27.5 Å². The molecule has 114 valence electrons. The van der Waals surface area contributed by atoms with Crippen LogP contribution in [0.15, 0.2) is 0 Å². The van der Waals surface area contributed by atoms with Crippen molar-refractivity contribution < 1.29 is 48.0 Å². The van der Waals surface area contributed by atoms with Gasteiger partial charge in [0.15, 0.2) is 0 Å². The van der Waals surface area contributed by atoms with Crippen molar-refractivity contribution in [1.29, 1.82) is 0 Å². The van der Waals surface area contributed by atoms with E-state index in [1.54, 1.807) is 0 Å². The van der Waals surface area contributed by atoms with E-state index in [1.807, 2.05) is 27.7 Å². The van der Waals surface area contributed by atoms with Gasteiger partial charge in [-0.05, 0) is 25.7 Å². The summed E-state index contributed by atoms with van der Waals surface area (Å²) in [6, 6.07) is 0. The first kappa shape index (κ1) is 31.1. The predicted molar refractivity (Wildman–Crippen MR) is 70.2 cm³/mol. The Morgan fingerprint density at radius 3 is 0.611 bits per heavy atom. The minimum absolute atomic E-state index is 0.300. The molecule has 0 aliphatic rings. The second-order valence-electron chi connectivity index (χ2n) is 2.89. The molecular formula is C12H32O5Zr. The second-order valence-corrected chi connectivity index (χ2v) is 2.89. The molecule has 0 fully saturated rings. The quantitative estimate of drug-likeness (QED) is 0.617. The summed E-state index contributed by atoms with van der Waals surface area (Å²) < 4.78 is 8.34. The first-order chi connectivity index (χ1) is 8.66. The molecule has 0 saturated carbocycles. The Kier molecular flexibility index (Phi) is 114. The second kappa shape index (κ2) is 65.9. The first-order valence-electron chi connectivity index (χ1n) is 6.30. The Hall–Kier alpha value is 0.523. The van der Waals surface area contributed by atoms with Crippen molar-refractivity contribution in [2.75, 3.05) is 26.4 Å². The summed E-state index contributed by atoms with van der Waals surface area (Å²) >= 11 is 0.300. The molecule has 0 saturated heterocycles. The SMILES string of the molecule is CCCO.CCCO.CCCO.CCCO.[O]=[Zr]. The van der Waals surface area contributed by atoms with Crippen LogP contribution in [0.25, 0.3) is 0 Å². The zero-order chi connectivity index (χ0) is 15.7. The third-order valence-corrected chi connectivity index (χ3v) is 0.894. The van der Waals surface area contributed by atoms with E-state index < -0.39 is 0 Å². The van der Waals surface area contributed by atoms with E-state index >= 15 is 0 Å². The maximum atomic E-state index is 8.34. The van der Waals surface area contributed by atoms with Gasteiger partial charge in [-0.2, -0.15) is 0 Å². The van der Waals surface area contributed by atoms with Gasteiger partial charge in [0.2, 0.25) is 0 Å². The van der Waals surface area contributed by atoms with E-state index in [4.69, 9.17) is 23.2 Å². The Morgan fingerprint density at radius 1 is 0.556 bits per heavy atom. The average Bonchev–Trinajstić information content (AvgIpc) is 2.49. The summed E-state index contributed by atoms with van der Waals surface area (Å²) in [4.78, 5) is 0. The van der Waals surface area contributed by atoms with Gasteiger partial charge in [0.05, 0.1) is 0 Å². The molecule has 5 nitrogen and oxygen atoms in total. The minimum atomic E-state index is 0.300. The van der Waals surface area contributed by atoms with Gasteiger partial charge in [0.25, 0.3) is 0 Å². The molecule has 0 aliphatic carbocycles. The molecule has 0 aromatic rings. The molecule has 4 N–H and O–H groups in total. The molecule has 0 heterocycles. The van der Waals surface area contributed by atoms with Crippen LogP contribution in [0.4, 0.5) is 0 Å². The number of hydrogen-bond donors (Lipinski definition) is 4. The molecular weight excluding hydrogens is 315 g/mol. The van der Waals surface area contributed by atoms with Crippen LogP contribution < -0.4 is 0 Å². The van der Waals surface area contributed by atoms with Gasteiger partial charge in [-0.3, -0.25) is 0 Å². The van der Waals surface area contributed by atoms with Crippen molar-refractivity contribution in [3.05, 3.63) is 0 Å². The standard InChI is InChI=1S/4C3H8O.O.Zr/c4*1-2-3-4;;/h4*4H,2-3H2,1H3;;. The number of aliphatic hydroxyl groups is 4. The summed E-state index contributed by atoms with van der Waals surface area (Å²) in [7, 11) is 0. The molecule has 0 unspecified atom stereocenters. The van der Waals surface area contributed by atoms with Gasteiger partial charge in [-0.25, -0.2) is 0 Å². The molecule has 0 spiro atoms. The molecule has 18 heavy (non-hydrogen) atoms. The average molecular weight is 348 g/mol. The summed E-state index contributed by atoms with van der Waals surface area (Å²) in [5, 5.41) is 31.5. The zero-order valence-electron chi connectivity index (χ0n) is 12.4. The van der Waals surface area contributed by atoms with Crippen LogP contribution in [0.1, 0.15) is 53.4 Å². The third-order valence-electron chi connectivity index (χ3n) is 0.894. The van der Waals surface area contributed by atoms with E-state index in [0.717, 1.165) is 25.7 Å². The van der Waals surface area contributed by atoms with Crippen LogP contribution in [0.2, 0.25) is 0 Å². The van der Waals surface area contributed by atoms with Crippen molar-refractivity contribution in [3.63, 3.8) is 0 Å². The third kappa shape index (κ3) is 195. The summed E-state index contributed by atoms with van der Waals surface area (Å²) in [5.74, 6) is 0. The van der Waals surface area contributed by atoms with Gasteiger partial charge < -0.3 is 20.4 Å². The van der Waals surface area contributed by atoms with Crippen molar-refractivity contribution >= 4 is 0 Å². The molecule has 0 rings (SSSR count). The van der Waals surface area contributed by atoms with Crippen molar-refractivity contribution in [2.45, 2.75) is 53.4 Å². The maximum absolute atomic E-state index is 8.34. The van der Waals surface area contributed by atoms with Crippen LogP contribution in [0, 0.1) is 0 Å². The molecule has 0 aromatic heterocycles. The van der Waals surface area contributed by atoms with E-state index in [0.29, 0.717) is 51.2 Å². The van der Waals surface area contributed by atoms with Gasteiger partial charge >= 0.3 is 27.5 Å². The number of hydrogen-bond acceptors (Lipinski definition) is 5. The van der Waals surface area contributed by atoms with Crippen molar-refractivity contribution in [1.82, 2.24) is 0 Å². The molecule has 0 amide bonds. The first-order valence-corrected chi connectivity index (χ1v) is 7.30. The number of aliphatic hydroxyl groups excluding tert-OH is 4. The Morgan fingerprint density at radius 2 is 0.611 bits per heavy atom. The predicted octanol–water partition coefficient (Wildman–Crippen LogP) is 1.43. The molecule has 0 atom stereocenters. The van der Waals surface area contributed by atoms with Crippen molar-refractivity contribution in [3.8, 4) is 0 Å². The Labute approximate surface area is 128 Å². The Bertz CT molecular complexity index is 53.5. The zero-order valence-corrected chi connectivity index (χ0v) is 14.8. The van der Waals surface area contributed by atoms with Gasteiger partial charge in [0.1, 0.15) is 0 Å².